The molecule has 0 aliphatic rings. The summed E-state index contributed by atoms with van der Waals surface area (Å²) in [6, 6.07) is 19.8. The van der Waals surface area contributed by atoms with Crippen LogP contribution in [0.3, 0.4) is 0 Å². The van der Waals surface area contributed by atoms with Crippen molar-refractivity contribution in [3.8, 4) is 28.3 Å². The molecule has 0 saturated carbocycles. The summed E-state index contributed by atoms with van der Waals surface area (Å²) < 4.78 is 5.68. The molecular weight excluding hydrogens is 352 g/mol. The predicted molar refractivity (Wildman–Crippen MR) is 108 cm³/mol. The molecule has 0 aliphatic heterocycles. The van der Waals surface area contributed by atoms with E-state index in [4.69, 9.17) is 4.74 Å². The summed E-state index contributed by atoms with van der Waals surface area (Å²) in [5.41, 5.74) is 4.51. The molecule has 4 rings (SSSR count). The van der Waals surface area contributed by atoms with Crippen LogP contribution in [-0.4, -0.2) is 32.0 Å². The van der Waals surface area contributed by atoms with Crippen molar-refractivity contribution in [2.45, 2.75) is 13.5 Å². The minimum atomic E-state index is 0.438. The summed E-state index contributed by atoms with van der Waals surface area (Å²) in [7, 11) is 0. The average molecular weight is 372 g/mol. The minimum absolute atomic E-state index is 0.438. The maximum absolute atomic E-state index is 5.68. The molecular formula is C21H20N6O. The number of H-pyrrole nitrogens is 1. The Bertz CT molecular complexity index is 1050. The Balaban J connectivity index is 1.48. The zero-order valence-electron chi connectivity index (χ0n) is 15.5. The SMILES string of the molecule is CCOc1ccccc1-c1cnnc(NCc2cc(-c3ccccc3)[nH]n2)n1. The second-order valence-corrected chi connectivity index (χ2v) is 6.09. The highest BCUT2D eigenvalue weighted by molar-refractivity contribution is 5.67. The molecule has 2 N–H and O–H groups in total. The van der Waals surface area contributed by atoms with Gasteiger partial charge in [-0.1, -0.05) is 42.5 Å². The fourth-order valence-electron chi connectivity index (χ4n) is 2.86. The van der Waals surface area contributed by atoms with E-state index in [0.717, 1.165) is 28.3 Å². The van der Waals surface area contributed by atoms with Crippen LogP contribution < -0.4 is 10.1 Å². The van der Waals surface area contributed by atoms with E-state index >= 15 is 0 Å². The molecule has 7 nitrogen and oxygen atoms in total. The predicted octanol–water partition coefficient (Wildman–Crippen LogP) is 3.94. The van der Waals surface area contributed by atoms with E-state index in [2.05, 4.69) is 30.7 Å². The smallest absolute Gasteiger partial charge is 0.243 e. The molecule has 0 saturated heterocycles. The molecule has 0 bridgehead atoms. The van der Waals surface area contributed by atoms with Crippen molar-refractivity contribution >= 4 is 5.95 Å². The van der Waals surface area contributed by atoms with Gasteiger partial charge in [0.15, 0.2) is 0 Å². The Morgan fingerprint density at radius 1 is 1.04 bits per heavy atom. The molecule has 2 aromatic carbocycles. The van der Waals surface area contributed by atoms with Crippen molar-refractivity contribution in [2.24, 2.45) is 0 Å². The first-order valence-electron chi connectivity index (χ1n) is 9.09. The Kier molecular flexibility index (Phi) is 5.24. The summed E-state index contributed by atoms with van der Waals surface area (Å²) in [6.07, 6.45) is 1.63. The lowest BCUT2D eigenvalue weighted by Crippen LogP contribution is -2.06. The third-order valence-corrected chi connectivity index (χ3v) is 4.17. The van der Waals surface area contributed by atoms with Crippen molar-refractivity contribution in [3.05, 3.63) is 72.6 Å². The molecule has 4 aromatic rings. The topological polar surface area (TPSA) is 88.6 Å². The lowest BCUT2D eigenvalue weighted by atomic mass is 10.1. The van der Waals surface area contributed by atoms with Crippen LogP contribution in [-0.2, 0) is 6.54 Å². The fourth-order valence-corrected chi connectivity index (χ4v) is 2.86. The van der Waals surface area contributed by atoms with Gasteiger partial charge in [0.25, 0.3) is 0 Å². The van der Waals surface area contributed by atoms with E-state index in [1.165, 1.54) is 0 Å². The second kappa shape index (κ2) is 8.30. The number of hydrogen-bond acceptors (Lipinski definition) is 6. The molecule has 0 unspecified atom stereocenters. The first-order chi connectivity index (χ1) is 13.8. The first kappa shape index (κ1) is 17.7. The van der Waals surface area contributed by atoms with E-state index in [1.54, 1.807) is 6.20 Å². The Labute approximate surface area is 162 Å². The van der Waals surface area contributed by atoms with Crippen LogP contribution in [0.4, 0.5) is 5.95 Å². The van der Waals surface area contributed by atoms with E-state index < -0.39 is 0 Å². The number of nitrogens with one attached hydrogen (secondary N) is 2. The van der Waals surface area contributed by atoms with Gasteiger partial charge in [0, 0.05) is 5.56 Å². The van der Waals surface area contributed by atoms with Crippen LogP contribution in [0.25, 0.3) is 22.5 Å². The van der Waals surface area contributed by atoms with Gasteiger partial charge in [0.1, 0.15) is 5.75 Å². The molecule has 0 amide bonds. The summed E-state index contributed by atoms with van der Waals surface area (Å²) in [4.78, 5) is 4.56. The number of para-hydroxylation sites is 1. The number of anilines is 1. The van der Waals surface area contributed by atoms with Crippen LogP contribution >= 0.6 is 0 Å². The fraction of sp³-hybridized carbons (Fsp3) is 0.143. The normalized spacial score (nSPS) is 10.6. The van der Waals surface area contributed by atoms with E-state index in [1.807, 2.05) is 67.6 Å². The summed E-state index contributed by atoms with van der Waals surface area (Å²) >= 11 is 0. The van der Waals surface area contributed by atoms with Crippen LogP contribution in [0.1, 0.15) is 12.6 Å². The van der Waals surface area contributed by atoms with Crippen LogP contribution in [0.2, 0.25) is 0 Å². The highest BCUT2D eigenvalue weighted by atomic mass is 16.5. The molecule has 0 fully saturated rings. The van der Waals surface area contributed by atoms with Crippen molar-refractivity contribution in [3.63, 3.8) is 0 Å². The number of aromatic amines is 1. The number of hydrogen-bond donors (Lipinski definition) is 2. The third kappa shape index (κ3) is 3.98. The lowest BCUT2D eigenvalue weighted by Gasteiger charge is -2.09. The number of ether oxygens (including phenoxy) is 1. The highest BCUT2D eigenvalue weighted by Crippen LogP contribution is 2.28. The lowest BCUT2D eigenvalue weighted by molar-refractivity contribution is 0.341. The van der Waals surface area contributed by atoms with Gasteiger partial charge in [-0.2, -0.15) is 10.2 Å². The third-order valence-electron chi connectivity index (χ3n) is 4.17. The largest absolute Gasteiger partial charge is 0.493 e. The highest BCUT2D eigenvalue weighted by Gasteiger charge is 2.10. The summed E-state index contributed by atoms with van der Waals surface area (Å²) in [6.45, 7) is 3.03. The van der Waals surface area contributed by atoms with Gasteiger partial charge in [-0.15, -0.1) is 5.10 Å². The first-order valence-corrected chi connectivity index (χ1v) is 9.09. The van der Waals surface area contributed by atoms with Crippen molar-refractivity contribution in [1.29, 1.82) is 0 Å². The van der Waals surface area contributed by atoms with Gasteiger partial charge in [0.2, 0.25) is 5.95 Å². The molecule has 0 radical (unpaired) electrons. The van der Waals surface area contributed by atoms with Gasteiger partial charge >= 0.3 is 0 Å². The molecule has 2 aromatic heterocycles. The van der Waals surface area contributed by atoms with Crippen LogP contribution in [0.15, 0.2) is 66.9 Å². The number of aromatic nitrogens is 5. The summed E-state index contributed by atoms with van der Waals surface area (Å²) in [5.74, 6) is 1.21. The average Bonchev–Trinajstić information content (AvgIpc) is 3.23. The Hall–Kier alpha value is -3.74. The van der Waals surface area contributed by atoms with E-state index in [-0.39, 0.29) is 0 Å². The van der Waals surface area contributed by atoms with E-state index in [9.17, 15) is 0 Å². The standard InChI is InChI=1S/C21H20N6O/c1-2-28-20-11-7-6-10-17(20)19-14-23-27-21(24-19)22-13-16-12-18(26-25-16)15-8-4-3-5-9-15/h3-12,14H,2,13H2,1H3,(H,25,26)(H,22,24,27). The Morgan fingerprint density at radius 3 is 2.71 bits per heavy atom. The van der Waals surface area contributed by atoms with Crippen molar-refractivity contribution in [2.75, 3.05) is 11.9 Å². The van der Waals surface area contributed by atoms with Crippen molar-refractivity contribution in [1.82, 2.24) is 25.4 Å². The molecule has 28 heavy (non-hydrogen) atoms. The molecule has 2 heterocycles. The molecule has 7 heteroatoms. The van der Waals surface area contributed by atoms with Gasteiger partial charge in [-0.3, -0.25) is 5.10 Å². The minimum Gasteiger partial charge on any atom is -0.493 e. The molecule has 0 spiro atoms. The maximum atomic E-state index is 5.68. The number of rotatable bonds is 7. The van der Waals surface area contributed by atoms with Crippen molar-refractivity contribution < 1.29 is 4.74 Å². The van der Waals surface area contributed by atoms with Crippen LogP contribution in [0.5, 0.6) is 5.75 Å². The quantitative estimate of drug-likeness (QED) is 0.511. The maximum Gasteiger partial charge on any atom is 0.243 e. The molecule has 0 atom stereocenters. The Morgan fingerprint density at radius 2 is 1.86 bits per heavy atom. The van der Waals surface area contributed by atoms with Gasteiger partial charge in [-0.05, 0) is 30.7 Å². The summed E-state index contributed by atoms with van der Waals surface area (Å²) in [5, 5.41) is 18.7. The number of benzene rings is 2. The van der Waals surface area contributed by atoms with Gasteiger partial charge < -0.3 is 10.1 Å². The van der Waals surface area contributed by atoms with Gasteiger partial charge in [-0.25, -0.2) is 4.98 Å². The molecule has 140 valence electrons. The zero-order valence-corrected chi connectivity index (χ0v) is 15.5. The van der Waals surface area contributed by atoms with Crippen LogP contribution in [0, 0.1) is 0 Å². The number of nitrogens with zero attached hydrogens (tertiary/aromatic N) is 4. The molecule has 0 aliphatic carbocycles. The second-order valence-electron chi connectivity index (χ2n) is 6.09. The monoisotopic (exact) mass is 372 g/mol. The van der Waals surface area contributed by atoms with E-state index in [0.29, 0.717) is 24.8 Å². The van der Waals surface area contributed by atoms with Gasteiger partial charge in [0.05, 0.1) is 36.4 Å². The zero-order chi connectivity index (χ0) is 19.2.